The molecule has 1 saturated heterocycles. The molecule has 40 heavy (non-hydrogen) atoms. The third kappa shape index (κ3) is 4.84. The van der Waals surface area contributed by atoms with Gasteiger partial charge in [-0.15, -0.1) is 0 Å². The molecule has 4 heterocycles. The number of aromatic nitrogens is 4. The summed E-state index contributed by atoms with van der Waals surface area (Å²) in [4.78, 5) is 47.4. The second kappa shape index (κ2) is 10.6. The number of nitrogens with two attached hydrogens (primary N) is 1. The first-order valence-corrected chi connectivity index (χ1v) is 13.0. The fourth-order valence-electron chi connectivity index (χ4n) is 5.21. The molecule has 4 aromatic rings. The van der Waals surface area contributed by atoms with Gasteiger partial charge in [-0.25, -0.2) is 9.37 Å². The zero-order valence-electron chi connectivity index (χ0n) is 22.4. The van der Waals surface area contributed by atoms with Gasteiger partial charge in [-0.05, 0) is 51.8 Å². The zero-order chi connectivity index (χ0) is 28.7. The lowest BCUT2D eigenvalue weighted by molar-refractivity contribution is -0.140. The third-order valence-electron chi connectivity index (χ3n) is 7.33. The van der Waals surface area contributed by atoms with Gasteiger partial charge in [-0.2, -0.15) is 9.61 Å². The highest BCUT2D eigenvalue weighted by Gasteiger charge is 2.31. The van der Waals surface area contributed by atoms with Crippen LogP contribution in [0.4, 0.5) is 10.2 Å². The first-order valence-electron chi connectivity index (χ1n) is 13.0. The van der Waals surface area contributed by atoms with Gasteiger partial charge >= 0.3 is 0 Å². The van der Waals surface area contributed by atoms with Gasteiger partial charge < -0.3 is 15.7 Å². The number of amides is 1. The van der Waals surface area contributed by atoms with Crippen LogP contribution in [0, 0.1) is 5.82 Å². The topological polar surface area (TPSA) is 144 Å². The van der Waals surface area contributed by atoms with E-state index in [9.17, 15) is 23.9 Å². The number of rotatable bonds is 6. The Kier molecular flexibility index (Phi) is 7.16. The van der Waals surface area contributed by atoms with Crippen LogP contribution in [0.2, 0.25) is 0 Å². The molecule has 0 aliphatic carbocycles. The van der Waals surface area contributed by atoms with Gasteiger partial charge in [0.05, 0.1) is 28.7 Å². The van der Waals surface area contributed by atoms with Crippen LogP contribution < -0.4 is 5.73 Å². The van der Waals surface area contributed by atoms with Crippen molar-refractivity contribution in [3.05, 3.63) is 65.4 Å². The lowest BCUT2D eigenvalue weighted by Gasteiger charge is -2.33. The number of nitrogen functional groups attached to an aromatic ring is 1. The molecule has 11 heteroatoms. The summed E-state index contributed by atoms with van der Waals surface area (Å²) in [6.45, 7) is 5.07. The van der Waals surface area contributed by atoms with Gasteiger partial charge in [0.1, 0.15) is 17.7 Å². The van der Waals surface area contributed by atoms with Gasteiger partial charge in [0.15, 0.2) is 17.2 Å². The van der Waals surface area contributed by atoms with E-state index in [-0.39, 0.29) is 34.8 Å². The van der Waals surface area contributed by atoms with Gasteiger partial charge in [0, 0.05) is 41.9 Å². The number of hydrogen-bond acceptors (Lipinski definition) is 8. The molecule has 1 aliphatic rings. The number of Topliss-reactive ketones (excluding diaryl/α,β-unsaturated/α-hetero) is 2. The van der Waals surface area contributed by atoms with Crippen molar-refractivity contribution in [2.75, 3.05) is 18.8 Å². The predicted molar refractivity (Wildman–Crippen MR) is 146 cm³/mol. The fraction of sp³-hybridized carbons (Fsp3) is 0.310. The summed E-state index contributed by atoms with van der Waals surface area (Å²) in [6, 6.07) is 7.93. The molecule has 3 N–H and O–H groups in total. The predicted octanol–water partition coefficient (Wildman–Crippen LogP) is 3.67. The number of nitrogens with zero attached hydrogens (tertiary/aromatic N) is 5. The monoisotopic (exact) mass is 544 g/mol. The fourth-order valence-corrected chi connectivity index (χ4v) is 5.21. The Labute approximate surface area is 229 Å². The zero-order valence-corrected chi connectivity index (χ0v) is 22.4. The van der Waals surface area contributed by atoms with Crippen LogP contribution in [-0.4, -0.2) is 66.3 Å². The second-order valence-corrected chi connectivity index (χ2v) is 10.1. The number of ketones is 2. The SMILES string of the molecule is CC(=O)c1ccc(-c2ccc(-c3cnn4c(N)c(C(C)=O)c(C5CCN(C(=O)[C@@H](C)O)CC5)nc34)cn2)cc1F. The molecular weight excluding hydrogens is 515 g/mol. The highest BCUT2D eigenvalue weighted by atomic mass is 19.1. The molecular formula is C29H29FN6O4. The van der Waals surface area contributed by atoms with Crippen molar-refractivity contribution in [1.29, 1.82) is 0 Å². The first-order chi connectivity index (χ1) is 19.1. The van der Waals surface area contributed by atoms with E-state index in [4.69, 9.17) is 10.7 Å². The van der Waals surface area contributed by atoms with Crippen molar-refractivity contribution >= 4 is 28.9 Å². The summed E-state index contributed by atoms with van der Waals surface area (Å²) in [5, 5.41) is 14.0. The van der Waals surface area contributed by atoms with Crippen molar-refractivity contribution in [2.24, 2.45) is 0 Å². The van der Waals surface area contributed by atoms with Crippen LogP contribution in [0.15, 0.2) is 42.7 Å². The standard InChI is InChI=1S/C29H29FN6O4/c1-15(37)21-6-4-19(12-23(21)30)24-7-5-20(13-32-24)22-14-33-36-27(31)25(16(2)38)26(34-28(22)36)18-8-10-35(11-9-18)29(40)17(3)39/h4-7,12-14,17-18,39H,8-11,31H2,1-3H3/t17-/m1/s1. The van der Waals surface area contributed by atoms with Gasteiger partial charge in [-0.3, -0.25) is 19.4 Å². The number of pyridine rings is 1. The molecule has 10 nitrogen and oxygen atoms in total. The number of carbonyl (C=O) groups is 3. The Morgan fingerprint density at radius 1 is 1.05 bits per heavy atom. The Balaban J connectivity index is 1.50. The number of benzene rings is 1. The van der Waals surface area contributed by atoms with Crippen molar-refractivity contribution in [2.45, 2.75) is 45.6 Å². The molecule has 0 unspecified atom stereocenters. The molecule has 0 radical (unpaired) electrons. The third-order valence-corrected chi connectivity index (χ3v) is 7.33. The number of piperidine rings is 1. The number of fused-ring (bicyclic) bond motifs is 1. The number of likely N-dealkylation sites (tertiary alicyclic amines) is 1. The number of carbonyl (C=O) groups excluding carboxylic acids is 3. The highest BCUT2D eigenvalue weighted by Crippen LogP contribution is 2.35. The van der Waals surface area contributed by atoms with Crippen LogP contribution in [0.25, 0.3) is 28.0 Å². The van der Waals surface area contributed by atoms with E-state index < -0.39 is 11.9 Å². The summed E-state index contributed by atoms with van der Waals surface area (Å²) < 4.78 is 15.8. The van der Waals surface area contributed by atoms with E-state index >= 15 is 0 Å². The van der Waals surface area contributed by atoms with E-state index in [2.05, 4.69) is 10.1 Å². The van der Waals surface area contributed by atoms with Gasteiger partial charge in [0.2, 0.25) is 0 Å². The molecule has 3 aromatic heterocycles. The lowest BCUT2D eigenvalue weighted by Crippen LogP contribution is -2.42. The minimum Gasteiger partial charge on any atom is -0.384 e. The summed E-state index contributed by atoms with van der Waals surface area (Å²) in [5.41, 5.74) is 10.2. The molecule has 0 spiro atoms. The molecule has 5 rings (SSSR count). The van der Waals surface area contributed by atoms with Crippen molar-refractivity contribution < 1.29 is 23.9 Å². The van der Waals surface area contributed by atoms with Gasteiger partial charge in [0.25, 0.3) is 5.91 Å². The Bertz CT molecular complexity index is 1640. The normalized spacial score (nSPS) is 14.9. The summed E-state index contributed by atoms with van der Waals surface area (Å²) in [7, 11) is 0. The Hall–Kier alpha value is -4.51. The summed E-state index contributed by atoms with van der Waals surface area (Å²) in [5.74, 6) is -1.42. The minimum atomic E-state index is -1.07. The van der Waals surface area contributed by atoms with Crippen molar-refractivity contribution in [3.8, 4) is 22.4 Å². The van der Waals surface area contributed by atoms with E-state index in [1.807, 2.05) is 6.07 Å². The maximum Gasteiger partial charge on any atom is 0.251 e. The average Bonchev–Trinajstić information content (AvgIpc) is 3.36. The van der Waals surface area contributed by atoms with E-state index in [0.717, 1.165) is 0 Å². The highest BCUT2D eigenvalue weighted by molar-refractivity contribution is 6.00. The average molecular weight is 545 g/mol. The minimum absolute atomic E-state index is 0.0244. The van der Waals surface area contributed by atoms with Crippen LogP contribution in [0.3, 0.4) is 0 Å². The van der Waals surface area contributed by atoms with E-state index in [1.165, 1.54) is 37.4 Å². The quantitative estimate of drug-likeness (QED) is 0.350. The number of halogens is 1. The number of aliphatic hydroxyl groups is 1. The van der Waals surface area contributed by atoms with Crippen LogP contribution in [0.5, 0.6) is 0 Å². The van der Waals surface area contributed by atoms with E-state index in [1.54, 1.807) is 29.4 Å². The maximum atomic E-state index is 14.3. The number of anilines is 1. The Morgan fingerprint density at radius 3 is 2.33 bits per heavy atom. The maximum absolute atomic E-state index is 14.3. The number of aliphatic hydroxyl groups excluding tert-OH is 1. The molecule has 206 valence electrons. The molecule has 0 saturated carbocycles. The smallest absolute Gasteiger partial charge is 0.251 e. The Morgan fingerprint density at radius 2 is 1.75 bits per heavy atom. The summed E-state index contributed by atoms with van der Waals surface area (Å²) in [6.07, 6.45) is 3.30. The number of hydrogen-bond donors (Lipinski definition) is 2. The van der Waals surface area contributed by atoms with Crippen LogP contribution in [-0.2, 0) is 4.79 Å². The largest absolute Gasteiger partial charge is 0.384 e. The first kappa shape index (κ1) is 27.1. The molecule has 1 amide bonds. The molecule has 1 aromatic carbocycles. The molecule has 1 fully saturated rings. The second-order valence-electron chi connectivity index (χ2n) is 10.1. The lowest BCUT2D eigenvalue weighted by atomic mass is 9.89. The summed E-state index contributed by atoms with van der Waals surface area (Å²) >= 11 is 0. The molecule has 1 aliphatic heterocycles. The van der Waals surface area contributed by atoms with Crippen molar-refractivity contribution in [1.82, 2.24) is 24.5 Å². The van der Waals surface area contributed by atoms with E-state index in [0.29, 0.717) is 65.2 Å². The van der Waals surface area contributed by atoms with Crippen LogP contribution in [0.1, 0.15) is 65.9 Å². The molecule has 1 atom stereocenters. The molecule has 0 bridgehead atoms. The van der Waals surface area contributed by atoms with Crippen molar-refractivity contribution in [3.63, 3.8) is 0 Å². The van der Waals surface area contributed by atoms with Gasteiger partial charge in [-0.1, -0.05) is 12.1 Å². The van der Waals surface area contributed by atoms with Crippen LogP contribution >= 0.6 is 0 Å².